The molecule has 0 atom stereocenters. The van der Waals surface area contributed by atoms with Gasteiger partial charge in [0.25, 0.3) is 5.91 Å². The van der Waals surface area contributed by atoms with Gasteiger partial charge in [0.05, 0.1) is 5.56 Å². The van der Waals surface area contributed by atoms with Crippen molar-refractivity contribution >= 4 is 22.2 Å². The van der Waals surface area contributed by atoms with Gasteiger partial charge in [-0.15, -0.1) is 11.3 Å². The molecule has 0 aliphatic heterocycles. The van der Waals surface area contributed by atoms with Gasteiger partial charge in [-0.2, -0.15) is 5.26 Å². The number of benzene rings is 1. The van der Waals surface area contributed by atoms with Crippen LogP contribution in [-0.2, 0) is 18.3 Å². The number of carbonyl (C=O) groups excluding carboxylic acids is 1. The maximum atomic E-state index is 12.5. The lowest BCUT2D eigenvalue weighted by Crippen LogP contribution is -2.14. The summed E-state index contributed by atoms with van der Waals surface area (Å²) < 4.78 is 0. The molecule has 118 valence electrons. The first-order valence-electron chi connectivity index (χ1n) is 7.86. The first-order chi connectivity index (χ1) is 10.9. The normalized spacial score (nSPS) is 13.5. The lowest BCUT2D eigenvalue weighted by Gasteiger charge is -2.19. The standard InChI is InChI=1S/C19H20N2OS/c1-19(2,3)13-9-7-12(8-10-13)17(22)21-18-15(11-20)14-5-4-6-16(14)23-18/h7-10H,4-6H2,1-3H3,(H,21,22). The molecule has 1 heterocycles. The number of hydrogen-bond acceptors (Lipinski definition) is 3. The van der Waals surface area contributed by atoms with E-state index in [-0.39, 0.29) is 11.3 Å². The van der Waals surface area contributed by atoms with Crippen molar-refractivity contribution in [2.75, 3.05) is 5.32 Å². The zero-order valence-electron chi connectivity index (χ0n) is 13.7. The highest BCUT2D eigenvalue weighted by atomic mass is 32.1. The smallest absolute Gasteiger partial charge is 0.256 e. The Morgan fingerprint density at radius 1 is 1.22 bits per heavy atom. The zero-order valence-corrected chi connectivity index (χ0v) is 14.5. The molecule has 0 saturated carbocycles. The van der Waals surface area contributed by atoms with Crippen molar-refractivity contribution in [1.82, 2.24) is 0 Å². The van der Waals surface area contributed by atoms with E-state index in [1.807, 2.05) is 24.3 Å². The van der Waals surface area contributed by atoms with Crippen molar-refractivity contribution in [1.29, 1.82) is 5.26 Å². The van der Waals surface area contributed by atoms with Crippen molar-refractivity contribution in [2.24, 2.45) is 0 Å². The summed E-state index contributed by atoms with van der Waals surface area (Å²) in [4.78, 5) is 13.7. The van der Waals surface area contributed by atoms with E-state index in [2.05, 4.69) is 32.2 Å². The lowest BCUT2D eigenvalue weighted by molar-refractivity contribution is 0.102. The summed E-state index contributed by atoms with van der Waals surface area (Å²) in [5, 5.41) is 13.0. The van der Waals surface area contributed by atoms with E-state index in [1.165, 1.54) is 10.4 Å². The predicted octanol–water partition coefficient (Wildman–Crippen LogP) is 4.66. The van der Waals surface area contributed by atoms with Gasteiger partial charge in [-0.25, -0.2) is 0 Å². The molecule has 1 aromatic carbocycles. The number of thiophene rings is 1. The Hall–Kier alpha value is -2.12. The molecule has 4 heteroatoms. The Morgan fingerprint density at radius 3 is 2.52 bits per heavy atom. The molecular weight excluding hydrogens is 304 g/mol. The largest absolute Gasteiger partial charge is 0.312 e. The molecule has 1 aliphatic rings. The molecule has 0 bridgehead atoms. The Labute approximate surface area is 141 Å². The van der Waals surface area contributed by atoms with Crippen LogP contribution >= 0.6 is 11.3 Å². The van der Waals surface area contributed by atoms with Crippen molar-refractivity contribution in [2.45, 2.75) is 45.4 Å². The molecule has 1 amide bonds. The maximum Gasteiger partial charge on any atom is 0.256 e. The second kappa shape index (κ2) is 5.82. The molecule has 3 rings (SSSR count). The summed E-state index contributed by atoms with van der Waals surface area (Å²) >= 11 is 1.55. The summed E-state index contributed by atoms with van der Waals surface area (Å²) in [6, 6.07) is 9.95. The van der Waals surface area contributed by atoms with Gasteiger partial charge in [0.15, 0.2) is 0 Å². The van der Waals surface area contributed by atoms with E-state index in [0.29, 0.717) is 16.1 Å². The average molecular weight is 324 g/mol. The topological polar surface area (TPSA) is 52.9 Å². The highest BCUT2D eigenvalue weighted by Gasteiger charge is 2.23. The molecule has 3 nitrogen and oxygen atoms in total. The van der Waals surface area contributed by atoms with Crippen LogP contribution in [0.5, 0.6) is 0 Å². The van der Waals surface area contributed by atoms with Gasteiger partial charge in [-0.05, 0) is 47.9 Å². The van der Waals surface area contributed by atoms with Crippen LogP contribution in [0.25, 0.3) is 0 Å². The number of nitrogens with one attached hydrogen (secondary N) is 1. The van der Waals surface area contributed by atoms with Crippen LogP contribution in [-0.4, -0.2) is 5.91 Å². The Bertz CT molecular complexity index is 789. The number of nitrogens with zero attached hydrogens (tertiary/aromatic N) is 1. The first kappa shape index (κ1) is 15.8. The third kappa shape index (κ3) is 3.02. The Morgan fingerprint density at radius 2 is 1.91 bits per heavy atom. The van der Waals surface area contributed by atoms with Gasteiger partial charge in [0.2, 0.25) is 0 Å². The average Bonchev–Trinajstić information content (AvgIpc) is 3.06. The number of anilines is 1. The van der Waals surface area contributed by atoms with Crippen LogP contribution in [0, 0.1) is 11.3 Å². The van der Waals surface area contributed by atoms with Crippen LogP contribution in [0.2, 0.25) is 0 Å². The molecule has 23 heavy (non-hydrogen) atoms. The van der Waals surface area contributed by atoms with Gasteiger partial charge in [-0.3, -0.25) is 4.79 Å². The van der Waals surface area contributed by atoms with E-state index >= 15 is 0 Å². The van der Waals surface area contributed by atoms with Crippen LogP contribution in [0.3, 0.4) is 0 Å². The zero-order chi connectivity index (χ0) is 16.6. The maximum absolute atomic E-state index is 12.5. The molecule has 0 saturated heterocycles. The van der Waals surface area contributed by atoms with Crippen molar-refractivity contribution in [3.05, 3.63) is 51.4 Å². The number of amides is 1. The molecule has 0 radical (unpaired) electrons. The summed E-state index contributed by atoms with van der Waals surface area (Å²) in [6.45, 7) is 6.44. The second-order valence-electron chi connectivity index (χ2n) is 6.95. The fourth-order valence-corrected chi connectivity index (χ4v) is 4.14. The quantitative estimate of drug-likeness (QED) is 0.873. The minimum Gasteiger partial charge on any atom is -0.312 e. The van der Waals surface area contributed by atoms with Crippen LogP contribution < -0.4 is 5.32 Å². The van der Waals surface area contributed by atoms with Gasteiger partial charge in [-0.1, -0.05) is 32.9 Å². The summed E-state index contributed by atoms with van der Waals surface area (Å²) in [5.74, 6) is -0.151. The molecule has 1 aliphatic carbocycles. The molecule has 1 aromatic heterocycles. The van der Waals surface area contributed by atoms with Crippen molar-refractivity contribution in [3.63, 3.8) is 0 Å². The number of aryl methyl sites for hydroxylation is 1. The monoisotopic (exact) mass is 324 g/mol. The molecule has 0 unspecified atom stereocenters. The van der Waals surface area contributed by atoms with E-state index < -0.39 is 0 Å². The first-order valence-corrected chi connectivity index (χ1v) is 8.68. The SMILES string of the molecule is CC(C)(C)c1ccc(C(=O)Nc2sc3c(c2C#N)CCC3)cc1. The summed E-state index contributed by atoms with van der Waals surface area (Å²) in [6.07, 6.45) is 3.08. The van der Waals surface area contributed by atoms with Crippen molar-refractivity contribution in [3.8, 4) is 6.07 Å². The predicted molar refractivity (Wildman–Crippen MR) is 94.2 cm³/mol. The minimum atomic E-state index is -0.151. The second-order valence-corrected chi connectivity index (χ2v) is 8.06. The van der Waals surface area contributed by atoms with Crippen LogP contribution in [0.4, 0.5) is 5.00 Å². The number of rotatable bonds is 2. The summed E-state index contributed by atoms with van der Waals surface area (Å²) in [7, 11) is 0. The van der Waals surface area contributed by atoms with E-state index in [9.17, 15) is 10.1 Å². The van der Waals surface area contributed by atoms with Crippen LogP contribution in [0.1, 0.15) is 59.1 Å². The lowest BCUT2D eigenvalue weighted by atomic mass is 9.87. The Balaban J connectivity index is 1.82. The van der Waals surface area contributed by atoms with Gasteiger partial charge in [0, 0.05) is 10.4 Å². The molecule has 1 N–H and O–H groups in total. The third-order valence-corrected chi connectivity index (χ3v) is 5.48. The van der Waals surface area contributed by atoms with Gasteiger partial charge >= 0.3 is 0 Å². The fraction of sp³-hybridized carbons (Fsp3) is 0.368. The van der Waals surface area contributed by atoms with Crippen LogP contribution in [0.15, 0.2) is 24.3 Å². The molecule has 0 spiro atoms. The minimum absolute atomic E-state index is 0.0670. The molecule has 0 fully saturated rings. The van der Waals surface area contributed by atoms with E-state index in [0.717, 1.165) is 24.8 Å². The molecular formula is C19H20N2OS. The van der Waals surface area contributed by atoms with Gasteiger partial charge < -0.3 is 5.32 Å². The van der Waals surface area contributed by atoms with E-state index in [4.69, 9.17) is 0 Å². The van der Waals surface area contributed by atoms with Gasteiger partial charge in [0.1, 0.15) is 11.1 Å². The fourth-order valence-electron chi connectivity index (χ4n) is 2.91. The third-order valence-electron chi connectivity index (χ3n) is 4.27. The molecule has 2 aromatic rings. The number of carbonyl (C=O) groups is 1. The van der Waals surface area contributed by atoms with E-state index in [1.54, 1.807) is 11.3 Å². The highest BCUT2D eigenvalue weighted by Crippen LogP contribution is 2.38. The van der Waals surface area contributed by atoms with Crippen molar-refractivity contribution < 1.29 is 4.79 Å². The number of hydrogen-bond donors (Lipinski definition) is 1. The number of nitriles is 1. The number of fused-ring (bicyclic) bond motifs is 1. The summed E-state index contributed by atoms with van der Waals surface area (Å²) in [5.41, 5.74) is 3.67. The Kier molecular flexibility index (Phi) is 3.99. The highest BCUT2D eigenvalue weighted by molar-refractivity contribution is 7.16.